The Hall–Kier alpha value is -2.77. The van der Waals surface area contributed by atoms with E-state index in [0.29, 0.717) is 0 Å². The number of phenols is 1. The molecule has 2 aromatic rings. The van der Waals surface area contributed by atoms with Crippen LogP contribution in [0.5, 0.6) is 11.5 Å². The summed E-state index contributed by atoms with van der Waals surface area (Å²) >= 11 is 11.9. The van der Waals surface area contributed by atoms with Crippen molar-refractivity contribution >= 4 is 41.0 Å². The van der Waals surface area contributed by atoms with Crippen molar-refractivity contribution in [2.45, 2.75) is 33.4 Å². The maximum atomic E-state index is 12.9. The highest BCUT2D eigenvalue weighted by molar-refractivity contribution is 6.39. The number of carbonyl (C=O) groups excluding carboxylic acids is 3. The topological polar surface area (TPSA) is 102 Å². The van der Waals surface area contributed by atoms with Crippen LogP contribution in [0.15, 0.2) is 36.4 Å². The van der Waals surface area contributed by atoms with E-state index in [4.69, 9.17) is 32.7 Å². The first-order chi connectivity index (χ1) is 14.1. The third-order valence-electron chi connectivity index (χ3n) is 3.93. The molecule has 1 amide bonds. The molecule has 0 aliphatic carbocycles. The molecule has 0 aliphatic heterocycles. The summed E-state index contributed by atoms with van der Waals surface area (Å²) in [5.74, 6) is -3.30. The molecule has 0 fully saturated rings. The van der Waals surface area contributed by atoms with Gasteiger partial charge in [-0.15, -0.1) is 0 Å². The van der Waals surface area contributed by atoms with Gasteiger partial charge in [0, 0.05) is 13.3 Å². The van der Waals surface area contributed by atoms with Crippen molar-refractivity contribution in [1.82, 2.24) is 5.32 Å². The summed E-state index contributed by atoms with van der Waals surface area (Å²) < 4.78 is 10.4. The highest BCUT2D eigenvalue weighted by Crippen LogP contribution is 2.41. The van der Waals surface area contributed by atoms with Gasteiger partial charge in [-0.1, -0.05) is 67.4 Å². The maximum Gasteiger partial charge on any atom is 0.310 e. The number of hydrogen-bond acceptors (Lipinski definition) is 6. The molecular formula is C21H21Cl2NO6. The molecule has 30 heavy (non-hydrogen) atoms. The minimum atomic E-state index is -1.01. The molecule has 7 nitrogen and oxygen atoms in total. The van der Waals surface area contributed by atoms with Crippen molar-refractivity contribution in [3.05, 3.63) is 57.6 Å². The van der Waals surface area contributed by atoms with Gasteiger partial charge < -0.3 is 19.9 Å². The van der Waals surface area contributed by atoms with Gasteiger partial charge in [0.1, 0.15) is 5.02 Å². The molecule has 0 bridgehead atoms. The number of benzene rings is 2. The molecule has 0 aromatic heterocycles. The summed E-state index contributed by atoms with van der Waals surface area (Å²) in [4.78, 5) is 36.5. The second-order valence-corrected chi connectivity index (χ2v) is 7.52. The zero-order valence-electron chi connectivity index (χ0n) is 16.6. The lowest BCUT2D eigenvalue weighted by Crippen LogP contribution is -2.41. The van der Waals surface area contributed by atoms with Crippen LogP contribution >= 0.6 is 23.2 Å². The SMILES string of the molecule is CC(=O)Oc1c(C(=O)NC(Cc2ccccc2)OC(=O)C(C)C)cc(Cl)c(O)c1Cl. The molecule has 1 unspecified atom stereocenters. The van der Waals surface area contributed by atoms with E-state index in [1.165, 1.54) is 0 Å². The van der Waals surface area contributed by atoms with Crippen molar-refractivity contribution in [1.29, 1.82) is 0 Å². The first-order valence-electron chi connectivity index (χ1n) is 9.04. The van der Waals surface area contributed by atoms with Crippen LogP contribution < -0.4 is 10.1 Å². The summed E-state index contributed by atoms with van der Waals surface area (Å²) in [6, 6.07) is 10.2. The third-order valence-corrected chi connectivity index (χ3v) is 4.56. The molecule has 9 heteroatoms. The molecule has 2 aromatic carbocycles. The van der Waals surface area contributed by atoms with Crippen molar-refractivity contribution in [2.75, 3.05) is 0 Å². The second-order valence-electron chi connectivity index (χ2n) is 6.73. The zero-order valence-corrected chi connectivity index (χ0v) is 18.1. The van der Waals surface area contributed by atoms with Gasteiger partial charge in [0.05, 0.1) is 16.5 Å². The molecule has 2 N–H and O–H groups in total. The van der Waals surface area contributed by atoms with Gasteiger partial charge in [-0.25, -0.2) is 0 Å². The van der Waals surface area contributed by atoms with Crippen LogP contribution in [-0.4, -0.2) is 29.2 Å². The average molecular weight is 454 g/mol. The van der Waals surface area contributed by atoms with E-state index in [1.54, 1.807) is 13.8 Å². The standard InChI is InChI=1S/C21H21Cl2NO6/c1-11(2)21(28)30-16(9-13-7-5-4-6-8-13)24-20(27)14-10-15(22)18(26)17(23)19(14)29-12(3)25/h4-8,10-11,16,26H,9H2,1-3H3,(H,24,27). The van der Waals surface area contributed by atoms with Crippen LogP contribution in [0.25, 0.3) is 0 Å². The van der Waals surface area contributed by atoms with Crippen molar-refractivity contribution in [2.24, 2.45) is 5.92 Å². The summed E-state index contributed by atoms with van der Waals surface area (Å²) in [5, 5.41) is 11.9. The van der Waals surface area contributed by atoms with Gasteiger partial charge in [0.25, 0.3) is 5.91 Å². The highest BCUT2D eigenvalue weighted by Gasteiger charge is 2.26. The number of ether oxygens (including phenoxy) is 2. The van der Waals surface area contributed by atoms with Crippen LogP contribution in [0.3, 0.4) is 0 Å². The first-order valence-corrected chi connectivity index (χ1v) is 9.80. The van der Waals surface area contributed by atoms with Gasteiger partial charge in [-0.3, -0.25) is 14.4 Å². The van der Waals surface area contributed by atoms with Crippen LogP contribution in [-0.2, 0) is 20.7 Å². The van der Waals surface area contributed by atoms with E-state index < -0.39 is 35.7 Å². The molecule has 160 valence electrons. The fourth-order valence-electron chi connectivity index (χ4n) is 2.45. The predicted molar refractivity (Wildman–Crippen MR) is 112 cm³/mol. The lowest BCUT2D eigenvalue weighted by Gasteiger charge is -2.21. The van der Waals surface area contributed by atoms with Crippen molar-refractivity contribution in [3.63, 3.8) is 0 Å². The molecule has 1 atom stereocenters. The van der Waals surface area contributed by atoms with Gasteiger partial charge in [0.2, 0.25) is 0 Å². The Morgan fingerprint density at radius 3 is 2.33 bits per heavy atom. The van der Waals surface area contributed by atoms with E-state index >= 15 is 0 Å². The summed E-state index contributed by atoms with van der Waals surface area (Å²) in [6.45, 7) is 4.45. The zero-order chi connectivity index (χ0) is 22.4. The van der Waals surface area contributed by atoms with E-state index in [1.807, 2.05) is 30.3 Å². The van der Waals surface area contributed by atoms with Crippen LogP contribution in [0.4, 0.5) is 0 Å². The van der Waals surface area contributed by atoms with Crippen molar-refractivity contribution in [3.8, 4) is 11.5 Å². The molecule has 0 spiro atoms. The normalized spacial score (nSPS) is 11.7. The van der Waals surface area contributed by atoms with Crippen LogP contribution in [0.1, 0.15) is 36.7 Å². The third kappa shape index (κ3) is 6.11. The molecular weight excluding hydrogens is 433 g/mol. The number of nitrogens with one attached hydrogen (secondary N) is 1. The number of aromatic hydroxyl groups is 1. The number of halogens is 2. The maximum absolute atomic E-state index is 12.9. The summed E-state index contributed by atoms with van der Waals surface area (Å²) in [7, 11) is 0. The van der Waals surface area contributed by atoms with E-state index in [2.05, 4.69) is 5.32 Å². The number of carbonyl (C=O) groups is 3. The van der Waals surface area contributed by atoms with Gasteiger partial charge in [0.15, 0.2) is 17.7 Å². The number of hydrogen-bond donors (Lipinski definition) is 2. The summed E-state index contributed by atoms with van der Waals surface area (Å²) in [5.41, 5.74) is 0.623. The van der Waals surface area contributed by atoms with Crippen LogP contribution in [0, 0.1) is 5.92 Å². The van der Waals surface area contributed by atoms with Gasteiger partial charge in [-0.2, -0.15) is 0 Å². The number of phenolic OH excluding ortho intramolecular Hbond substituents is 1. The Bertz CT molecular complexity index is 946. The molecule has 2 rings (SSSR count). The lowest BCUT2D eigenvalue weighted by molar-refractivity contribution is -0.153. The Labute approximate surface area is 183 Å². The Kier molecular flexibility index (Phi) is 8.08. The molecule has 0 heterocycles. The minimum absolute atomic E-state index is 0.198. The minimum Gasteiger partial charge on any atom is -0.505 e. The Morgan fingerprint density at radius 2 is 1.77 bits per heavy atom. The molecule has 0 saturated heterocycles. The molecule has 0 radical (unpaired) electrons. The highest BCUT2D eigenvalue weighted by atomic mass is 35.5. The lowest BCUT2D eigenvalue weighted by atomic mass is 10.1. The fraction of sp³-hybridized carbons (Fsp3) is 0.286. The van der Waals surface area contributed by atoms with E-state index in [-0.39, 0.29) is 27.8 Å². The summed E-state index contributed by atoms with van der Waals surface area (Å²) in [6.07, 6.45) is -0.806. The Morgan fingerprint density at radius 1 is 1.13 bits per heavy atom. The quantitative estimate of drug-likeness (QED) is 0.371. The van der Waals surface area contributed by atoms with Gasteiger partial charge >= 0.3 is 11.9 Å². The monoisotopic (exact) mass is 453 g/mol. The second kappa shape index (κ2) is 10.3. The number of rotatable bonds is 7. The Balaban J connectivity index is 2.36. The number of esters is 2. The van der Waals surface area contributed by atoms with E-state index in [0.717, 1.165) is 18.6 Å². The molecule has 0 aliphatic rings. The first kappa shape index (κ1) is 23.5. The smallest absolute Gasteiger partial charge is 0.310 e. The van der Waals surface area contributed by atoms with Gasteiger partial charge in [-0.05, 0) is 11.6 Å². The largest absolute Gasteiger partial charge is 0.505 e. The number of amides is 1. The van der Waals surface area contributed by atoms with Crippen molar-refractivity contribution < 1.29 is 29.0 Å². The van der Waals surface area contributed by atoms with E-state index in [9.17, 15) is 19.5 Å². The molecule has 0 saturated carbocycles. The predicted octanol–water partition coefficient (Wildman–Crippen LogP) is 4.12. The fourth-order valence-corrected chi connectivity index (χ4v) is 2.95. The van der Waals surface area contributed by atoms with Crippen LogP contribution in [0.2, 0.25) is 10.0 Å². The average Bonchev–Trinajstić information content (AvgIpc) is 2.68.